The monoisotopic (exact) mass is 281 g/mol. The Kier molecular flexibility index (Phi) is 4.69. The highest BCUT2D eigenvalue weighted by Gasteiger charge is 2.29. The van der Waals surface area contributed by atoms with Crippen molar-refractivity contribution in [3.63, 3.8) is 0 Å². The van der Waals surface area contributed by atoms with Crippen LogP contribution in [0.4, 0.5) is 0 Å². The first-order valence-corrected chi connectivity index (χ1v) is 7.25. The molecule has 0 atom stereocenters. The van der Waals surface area contributed by atoms with Gasteiger partial charge in [-0.05, 0) is 23.3 Å². The summed E-state index contributed by atoms with van der Waals surface area (Å²) in [6.07, 6.45) is 4.73. The zero-order valence-corrected chi connectivity index (χ0v) is 12.2. The average Bonchev–Trinajstić information content (AvgIpc) is 2.86. The molecule has 0 radical (unpaired) electrons. The van der Waals surface area contributed by atoms with Gasteiger partial charge in [0.15, 0.2) is 5.82 Å². The zero-order valence-electron chi connectivity index (χ0n) is 12.2. The molecule has 1 fully saturated rings. The summed E-state index contributed by atoms with van der Waals surface area (Å²) in [7, 11) is 0. The lowest BCUT2D eigenvalue weighted by Gasteiger charge is -2.32. The Bertz CT molecular complexity index is 451. The van der Waals surface area contributed by atoms with Crippen LogP contribution in [0.2, 0.25) is 0 Å². The van der Waals surface area contributed by atoms with Crippen molar-refractivity contribution in [2.45, 2.75) is 64.0 Å². The maximum atomic E-state index is 11.9. The Morgan fingerprint density at radius 2 is 2.10 bits per heavy atom. The summed E-state index contributed by atoms with van der Waals surface area (Å²) < 4.78 is 1.50. The molecule has 20 heavy (non-hydrogen) atoms. The molecular formula is C13H23N5O2. The molecule has 1 aromatic heterocycles. The molecule has 1 aliphatic rings. The number of rotatable bonds is 5. The fourth-order valence-corrected chi connectivity index (χ4v) is 2.58. The van der Waals surface area contributed by atoms with Gasteiger partial charge in [-0.25, -0.2) is 4.68 Å². The van der Waals surface area contributed by atoms with Gasteiger partial charge in [0, 0.05) is 12.5 Å². The minimum absolute atomic E-state index is 0.0938. The molecule has 0 aromatic carbocycles. The number of aromatic nitrogens is 4. The molecule has 1 aromatic rings. The molecule has 7 nitrogen and oxygen atoms in total. The summed E-state index contributed by atoms with van der Waals surface area (Å²) >= 11 is 0. The van der Waals surface area contributed by atoms with Crippen molar-refractivity contribution < 1.29 is 9.90 Å². The summed E-state index contributed by atoms with van der Waals surface area (Å²) in [4.78, 5) is 11.9. The van der Waals surface area contributed by atoms with Gasteiger partial charge in [0.1, 0.15) is 6.54 Å². The molecule has 1 heterocycles. The molecule has 0 spiro atoms. The van der Waals surface area contributed by atoms with Crippen LogP contribution in [0.15, 0.2) is 0 Å². The fourth-order valence-electron chi connectivity index (χ4n) is 2.58. The summed E-state index contributed by atoms with van der Waals surface area (Å²) in [5, 5.41) is 24.4. The molecule has 2 rings (SSSR count). The van der Waals surface area contributed by atoms with E-state index in [4.69, 9.17) is 0 Å². The predicted molar refractivity (Wildman–Crippen MR) is 73.0 cm³/mol. The van der Waals surface area contributed by atoms with Gasteiger partial charge in [-0.15, -0.1) is 5.10 Å². The quantitative estimate of drug-likeness (QED) is 0.824. The van der Waals surface area contributed by atoms with Crippen molar-refractivity contribution in [1.82, 2.24) is 25.5 Å². The Hall–Kier alpha value is -1.50. The smallest absolute Gasteiger partial charge is 0.241 e. The van der Waals surface area contributed by atoms with Gasteiger partial charge in [-0.1, -0.05) is 33.1 Å². The lowest BCUT2D eigenvalue weighted by Crippen LogP contribution is -2.45. The first kappa shape index (κ1) is 14.9. The molecule has 1 amide bonds. The average molecular weight is 281 g/mol. The molecule has 0 aliphatic heterocycles. The number of aliphatic hydroxyl groups is 1. The minimum Gasteiger partial charge on any atom is -0.388 e. The molecule has 0 saturated heterocycles. The lowest BCUT2D eigenvalue weighted by molar-refractivity contribution is -0.123. The van der Waals surface area contributed by atoms with Crippen LogP contribution in [0.3, 0.4) is 0 Å². The number of hydrogen-bond acceptors (Lipinski definition) is 5. The highest BCUT2D eigenvalue weighted by Crippen LogP contribution is 2.27. The van der Waals surface area contributed by atoms with E-state index in [-0.39, 0.29) is 18.4 Å². The van der Waals surface area contributed by atoms with E-state index in [1.807, 2.05) is 13.8 Å². The molecule has 0 unspecified atom stereocenters. The summed E-state index contributed by atoms with van der Waals surface area (Å²) in [6.45, 7) is 4.36. The largest absolute Gasteiger partial charge is 0.388 e. The van der Waals surface area contributed by atoms with E-state index in [9.17, 15) is 9.90 Å². The number of nitrogens with zero attached hydrogens (tertiary/aromatic N) is 4. The topological polar surface area (TPSA) is 92.9 Å². The lowest BCUT2D eigenvalue weighted by atomic mass is 9.85. The van der Waals surface area contributed by atoms with Crippen LogP contribution < -0.4 is 5.32 Å². The maximum absolute atomic E-state index is 11.9. The second kappa shape index (κ2) is 6.30. The van der Waals surface area contributed by atoms with Gasteiger partial charge in [-0.3, -0.25) is 4.79 Å². The highest BCUT2D eigenvalue weighted by molar-refractivity contribution is 5.75. The van der Waals surface area contributed by atoms with Crippen molar-refractivity contribution >= 4 is 5.91 Å². The van der Waals surface area contributed by atoms with E-state index in [1.54, 1.807) is 0 Å². The Morgan fingerprint density at radius 1 is 1.40 bits per heavy atom. The van der Waals surface area contributed by atoms with Crippen LogP contribution in [0.1, 0.15) is 57.7 Å². The van der Waals surface area contributed by atoms with Gasteiger partial charge in [0.25, 0.3) is 0 Å². The number of tetrazole rings is 1. The van der Waals surface area contributed by atoms with Crippen LogP contribution in [0.25, 0.3) is 0 Å². The maximum Gasteiger partial charge on any atom is 0.241 e. The predicted octanol–water partition coefficient (Wildman–Crippen LogP) is 0.608. The Labute approximate surface area is 118 Å². The summed E-state index contributed by atoms with van der Waals surface area (Å²) in [5.41, 5.74) is -0.741. The van der Waals surface area contributed by atoms with Gasteiger partial charge >= 0.3 is 0 Å². The van der Waals surface area contributed by atoms with Gasteiger partial charge in [-0.2, -0.15) is 0 Å². The van der Waals surface area contributed by atoms with Crippen LogP contribution >= 0.6 is 0 Å². The van der Waals surface area contributed by atoms with E-state index in [2.05, 4.69) is 20.8 Å². The van der Waals surface area contributed by atoms with Crippen molar-refractivity contribution in [3.8, 4) is 0 Å². The van der Waals surface area contributed by atoms with E-state index >= 15 is 0 Å². The van der Waals surface area contributed by atoms with Gasteiger partial charge < -0.3 is 10.4 Å². The number of carbonyl (C=O) groups is 1. The van der Waals surface area contributed by atoms with Crippen LogP contribution in [-0.4, -0.2) is 43.4 Å². The molecule has 0 bridgehead atoms. The second-order valence-electron chi connectivity index (χ2n) is 5.91. The molecule has 1 aliphatic carbocycles. The number of nitrogens with one attached hydrogen (secondary N) is 1. The van der Waals surface area contributed by atoms with Crippen molar-refractivity contribution in [1.29, 1.82) is 0 Å². The van der Waals surface area contributed by atoms with E-state index in [1.165, 1.54) is 11.1 Å². The zero-order chi connectivity index (χ0) is 14.6. The fraction of sp³-hybridized carbons (Fsp3) is 0.846. The van der Waals surface area contributed by atoms with Crippen molar-refractivity contribution in [2.75, 3.05) is 6.54 Å². The normalized spacial score (nSPS) is 18.2. The van der Waals surface area contributed by atoms with Crippen molar-refractivity contribution in [2.24, 2.45) is 0 Å². The van der Waals surface area contributed by atoms with E-state index in [0.717, 1.165) is 25.7 Å². The van der Waals surface area contributed by atoms with Crippen molar-refractivity contribution in [3.05, 3.63) is 5.82 Å². The molecular weight excluding hydrogens is 258 g/mol. The first-order valence-electron chi connectivity index (χ1n) is 7.25. The van der Waals surface area contributed by atoms with Gasteiger partial charge in [0.05, 0.1) is 5.60 Å². The number of amides is 1. The third kappa shape index (κ3) is 3.75. The molecule has 1 saturated carbocycles. The third-order valence-electron chi connectivity index (χ3n) is 3.77. The van der Waals surface area contributed by atoms with Crippen LogP contribution in [0.5, 0.6) is 0 Å². The summed E-state index contributed by atoms with van der Waals surface area (Å²) in [5.74, 6) is 0.690. The summed E-state index contributed by atoms with van der Waals surface area (Å²) in [6, 6.07) is 0. The second-order valence-corrected chi connectivity index (χ2v) is 5.91. The Balaban J connectivity index is 1.84. The highest BCUT2D eigenvalue weighted by atomic mass is 16.3. The standard InChI is InChI=1S/C13H23N5O2/c1-10(2)12-15-16-17-18(12)8-11(19)14-9-13(20)6-4-3-5-7-13/h10,20H,3-9H2,1-2H3,(H,14,19). The minimum atomic E-state index is -0.741. The SMILES string of the molecule is CC(C)c1nnnn1CC(=O)NCC1(O)CCCCC1. The third-order valence-corrected chi connectivity index (χ3v) is 3.77. The molecule has 7 heteroatoms. The van der Waals surface area contributed by atoms with Gasteiger partial charge in [0.2, 0.25) is 5.91 Å². The van der Waals surface area contributed by atoms with Crippen LogP contribution in [0, 0.1) is 0 Å². The van der Waals surface area contributed by atoms with E-state index < -0.39 is 5.60 Å². The molecule has 2 N–H and O–H groups in total. The van der Waals surface area contributed by atoms with Crippen LogP contribution in [-0.2, 0) is 11.3 Å². The van der Waals surface area contributed by atoms with E-state index in [0.29, 0.717) is 12.4 Å². The first-order chi connectivity index (χ1) is 9.50. The number of carbonyl (C=O) groups excluding carboxylic acids is 1. The number of hydrogen-bond donors (Lipinski definition) is 2. The Morgan fingerprint density at radius 3 is 2.75 bits per heavy atom. The molecule has 112 valence electrons.